The van der Waals surface area contributed by atoms with Gasteiger partial charge in [-0.1, -0.05) is 54.1 Å². The van der Waals surface area contributed by atoms with Crippen LogP contribution in [-0.2, 0) is 13.1 Å². The molecule has 0 aliphatic carbocycles. The summed E-state index contributed by atoms with van der Waals surface area (Å²) in [7, 11) is 0. The van der Waals surface area contributed by atoms with Crippen molar-refractivity contribution >= 4 is 23.0 Å². The fourth-order valence-electron chi connectivity index (χ4n) is 2.52. The minimum absolute atomic E-state index is 0.660. The third-order valence-electron chi connectivity index (χ3n) is 3.89. The highest BCUT2D eigenvalue weighted by atomic mass is 32.1. The first-order valence-corrected chi connectivity index (χ1v) is 8.68. The van der Waals surface area contributed by atoms with Crippen molar-refractivity contribution < 1.29 is 0 Å². The Morgan fingerprint density at radius 3 is 2.32 bits per heavy atom. The number of hydrogen-bond donors (Lipinski definition) is 1. The number of aryl methyl sites for hydroxylation is 1. The van der Waals surface area contributed by atoms with Crippen LogP contribution in [-0.4, -0.2) is 15.0 Å². The van der Waals surface area contributed by atoms with Gasteiger partial charge in [0, 0.05) is 18.4 Å². The first kappa shape index (κ1) is 17.1. The normalized spacial score (nSPS) is 10.3. The van der Waals surface area contributed by atoms with Crippen LogP contribution in [0, 0.1) is 6.92 Å². The van der Waals surface area contributed by atoms with Crippen LogP contribution < -0.4 is 5.32 Å². The van der Waals surface area contributed by atoms with Crippen LogP contribution in [0.3, 0.4) is 0 Å². The SMILES string of the molecule is Cc1ccc(CN(Cc2ccccn2)C(=S)Nc2ccccc2)cc1. The molecule has 3 rings (SSSR count). The predicted molar refractivity (Wildman–Crippen MR) is 107 cm³/mol. The topological polar surface area (TPSA) is 28.2 Å². The zero-order chi connectivity index (χ0) is 17.5. The molecule has 0 aliphatic heterocycles. The summed E-state index contributed by atoms with van der Waals surface area (Å²) in [6, 6.07) is 24.5. The average molecular weight is 347 g/mol. The van der Waals surface area contributed by atoms with Crippen molar-refractivity contribution in [1.29, 1.82) is 0 Å². The van der Waals surface area contributed by atoms with Gasteiger partial charge in [0.05, 0.1) is 12.2 Å². The molecule has 0 bridgehead atoms. The van der Waals surface area contributed by atoms with Crippen molar-refractivity contribution in [3.05, 3.63) is 95.8 Å². The maximum absolute atomic E-state index is 5.67. The quantitative estimate of drug-likeness (QED) is 0.672. The van der Waals surface area contributed by atoms with E-state index in [2.05, 4.69) is 46.4 Å². The molecule has 0 spiro atoms. The number of rotatable bonds is 5. The summed E-state index contributed by atoms with van der Waals surface area (Å²) in [5, 5.41) is 4.02. The fourth-order valence-corrected chi connectivity index (χ4v) is 2.77. The molecule has 0 aliphatic rings. The van der Waals surface area contributed by atoms with Crippen molar-refractivity contribution in [2.75, 3.05) is 5.32 Å². The molecule has 1 heterocycles. The lowest BCUT2D eigenvalue weighted by atomic mass is 10.1. The van der Waals surface area contributed by atoms with Crippen LogP contribution in [0.5, 0.6) is 0 Å². The molecule has 0 saturated carbocycles. The lowest BCUT2D eigenvalue weighted by molar-refractivity contribution is 0.407. The van der Waals surface area contributed by atoms with Crippen molar-refractivity contribution in [2.24, 2.45) is 0 Å². The number of thiocarbonyl (C=S) groups is 1. The highest BCUT2D eigenvalue weighted by Gasteiger charge is 2.12. The van der Waals surface area contributed by atoms with Crippen molar-refractivity contribution in [2.45, 2.75) is 20.0 Å². The second-order valence-corrected chi connectivity index (χ2v) is 6.35. The number of para-hydroxylation sites is 1. The molecule has 1 N–H and O–H groups in total. The van der Waals surface area contributed by atoms with E-state index in [0.717, 1.165) is 17.9 Å². The van der Waals surface area contributed by atoms with E-state index in [9.17, 15) is 0 Å². The Bertz CT molecular complexity index is 802. The van der Waals surface area contributed by atoms with E-state index in [-0.39, 0.29) is 0 Å². The molecule has 126 valence electrons. The second kappa shape index (κ2) is 8.40. The van der Waals surface area contributed by atoms with Gasteiger partial charge in [-0.3, -0.25) is 4.98 Å². The molecule has 2 aromatic carbocycles. The Morgan fingerprint density at radius 2 is 1.64 bits per heavy atom. The number of aromatic nitrogens is 1. The number of nitrogens with zero attached hydrogens (tertiary/aromatic N) is 2. The van der Waals surface area contributed by atoms with Crippen molar-refractivity contribution in [1.82, 2.24) is 9.88 Å². The predicted octanol–water partition coefficient (Wildman–Crippen LogP) is 4.79. The summed E-state index contributed by atoms with van der Waals surface area (Å²) in [4.78, 5) is 6.57. The summed E-state index contributed by atoms with van der Waals surface area (Å²) in [5.74, 6) is 0. The Labute approximate surface area is 154 Å². The second-order valence-electron chi connectivity index (χ2n) is 5.96. The average Bonchev–Trinajstić information content (AvgIpc) is 2.64. The van der Waals surface area contributed by atoms with Crippen LogP contribution in [0.15, 0.2) is 79.0 Å². The molecule has 0 unspecified atom stereocenters. The molecule has 1 aromatic heterocycles. The van der Waals surface area contributed by atoms with E-state index >= 15 is 0 Å². The minimum atomic E-state index is 0.660. The number of benzene rings is 2. The Hall–Kier alpha value is -2.72. The summed E-state index contributed by atoms with van der Waals surface area (Å²) in [5.41, 5.74) is 4.46. The van der Waals surface area contributed by atoms with E-state index in [4.69, 9.17) is 12.2 Å². The third-order valence-corrected chi connectivity index (χ3v) is 4.25. The summed E-state index contributed by atoms with van der Waals surface area (Å²) in [6.45, 7) is 3.49. The van der Waals surface area contributed by atoms with Gasteiger partial charge in [0.25, 0.3) is 0 Å². The number of nitrogens with one attached hydrogen (secondary N) is 1. The van der Waals surface area contributed by atoms with Gasteiger partial charge in [0.2, 0.25) is 0 Å². The van der Waals surface area contributed by atoms with E-state index < -0.39 is 0 Å². The van der Waals surface area contributed by atoms with Crippen molar-refractivity contribution in [3.8, 4) is 0 Å². The van der Waals surface area contributed by atoms with E-state index in [1.807, 2.05) is 54.7 Å². The largest absolute Gasteiger partial charge is 0.339 e. The van der Waals surface area contributed by atoms with Gasteiger partial charge in [-0.25, -0.2) is 0 Å². The Morgan fingerprint density at radius 1 is 0.920 bits per heavy atom. The number of pyridine rings is 1. The lowest BCUT2D eigenvalue weighted by Gasteiger charge is -2.26. The molecule has 0 amide bonds. The number of anilines is 1. The maximum atomic E-state index is 5.67. The molecule has 3 nitrogen and oxygen atoms in total. The van der Waals surface area contributed by atoms with Gasteiger partial charge in [-0.15, -0.1) is 0 Å². The monoisotopic (exact) mass is 347 g/mol. The molecule has 4 heteroatoms. The van der Waals surface area contributed by atoms with Crippen LogP contribution >= 0.6 is 12.2 Å². The van der Waals surface area contributed by atoms with Crippen LogP contribution in [0.1, 0.15) is 16.8 Å². The van der Waals surface area contributed by atoms with Gasteiger partial charge in [0.15, 0.2) is 5.11 Å². The summed E-state index contributed by atoms with van der Waals surface area (Å²) < 4.78 is 0. The Kier molecular flexibility index (Phi) is 5.75. The van der Waals surface area contributed by atoms with E-state index in [1.54, 1.807) is 0 Å². The van der Waals surface area contributed by atoms with Crippen LogP contribution in [0.2, 0.25) is 0 Å². The van der Waals surface area contributed by atoms with Gasteiger partial charge in [-0.2, -0.15) is 0 Å². The first-order valence-electron chi connectivity index (χ1n) is 8.27. The molecule has 25 heavy (non-hydrogen) atoms. The first-order chi connectivity index (χ1) is 12.2. The fraction of sp³-hybridized carbons (Fsp3) is 0.143. The van der Waals surface area contributed by atoms with Gasteiger partial charge >= 0.3 is 0 Å². The smallest absolute Gasteiger partial charge is 0.174 e. The van der Waals surface area contributed by atoms with Crippen LogP contribution in [0.4, 0.5) is 5.69 Å². The van der Waals surface area contributed by atoms with E-state index in [0.29, 0.717) is 11.7 Å². The molecule has 0 atom stereocenters. The molecule has 3 aromatic rings. The van der Waals surface area contributed by atoms with Gasteiger partial charge in [0.1, 0.15) is 0 Å². The molecule has 0 fully saturated rings. The molecular formula is C21H21N3S. The van der Waals surface area contributed by atoms with Crippen LogP contribution in [0.25, 0.3) is 0 Å². The highest BCUT2D eigenvalue weighted by molar-refractivity contribution is 7.80. The van der Waals surface area contributed by atoms with Gasteiger partial charge < -0.3 is 10.2 Å². The van der Waals surface area contributed by atoms with Crippen molar-refractivity contribution in [3.63, 3.8) is 0 Å². The summed E-state index contributed by atoms with van der Waals surface area (Å²) in [6.07, 6.45) is 1.81. The Balaban J connectivity index is 1.77. The van der Waals surface area contributed by atoms with E-state index in [1.165, 1.54) is 11.1 Å². The molecule has 0 radical (unpaired) electrons. The highest BCUT2D eigenvalue weighted by Crippen LogP contribution is 2.13. The number of hydrogen-bond acceptors (Lipinski definition) is 2. The molecular weight excluding hydrogens is 326 g/mol. The zero-order valence-electron chi connectivity index (χ0n) is 14.2. The van der Waals surface area contributed by atoms with Gasteiger partial charge in [-0.05, 0) is 49.0 Å². The standard InChI is InChI=1S/C21H21N3S/c1-17-10-12-18(13-11-17)15-24(16-20-9-5-6-14-22-20)21(25)23-19-7-3-2-4-8-19/h2-14H,15-16H2,1H3,(H,23,25). The minimum Gasteiger partial charge on any atom is -0.339 e. The zero-order valence-corrected chi connectivity index (χ0v) is 15.0. The third kappa shape index (κ3) is 5.13. The summed E-state index contributed by atoms with van der Waals surface area (Å²) >= 11 is 5.67. The molecule has 0 saturated heterocycles. The lowest BCUT2D eigenvalue weighted by Crippen LogP contribution is -2.34. The maximum Gasteiger partial charge on any atom is 0.174 e.